The molecule has 4 amide bonds. The number of halogens is 1. The Morgan fingerprint density at radius 1 is 1.07 bits per heavy atom. The fourth-order valence-corrected chi connectivity index (χ4v) is 3.48. The third-order valence-corrected chi connectivity index (χ3v) is 5.10. The minimum absolute atomic E-state index is 0.214. The highest BCUT2D eigenvalue weighted by Crippen LogP contribution is 2.27. The van der Waals surface area contributed by atoms with Crippen molar-refractivity contribution < 1.29 is 14.4 Å². The van der Waals surface area contributed by atoms with Gasteiger partial charge >= 0.3 is 6.03 Å². The molecule has 0 spiro atoms. The van der Waals surface area contributed by atoms with E-state index in [-0.39, 0.29) is 23.9 Å². The van der Waals surface area contributed by atoms with Crippen LogP contribution < -0.4 is 10.6 Å². The summed E-state index contributed by atoms with van der Waals surface area (Å²) in [5.74, 6) is -0.627. The van der Waals surface area contributed by atoms with Crippen LogP contribution in [0.5, 0.6) is 0 Å². The first kappa shape index (κ1) is 19.1. The fraction of sp³-hybridized carbons (Fsp3) is 0.250. The highest BCUT2D eigenvalue weighted by Gasteiger charge is 2.37. The van der Waals surface area contributed by atoms with Crippen molar-refractivity contribution in [2.24, 2.45) is 0 Å². The molecule has 1 aliphatic heterocycles. The second kappa shape index (κ2) is 7.92. The normalized spacial score (nSPS) is 13.1. The zero-order valence-electron chi connectivity index (χ0n) is 15.1. The Morgan fingerprint density at radius 3 is 2.48 bits per heavy atom. The van der Waals surface area contributed by atoms with Crippen LogP contribution >= 0.6 is 15.9 Å². The molecule has 0 saturated heterocycles. The molecule has 7 heteroatoms. The maximum atomic E-state index is 12.4. The number of imide groups is 1. The summed E-state index contributed by atoms with van der Waals surface area (Å²) in [6.45, 7) is 4.05. The van der Waals surface area contributed by atoms with Crippen molar-refractivity contribution in [2.45, 2.75) is 26.3 Å². The molecule has 0 fully saturated rings. The predicted octanol–water partition coefficient (Wildman–Crippen LogP) is 3.82. The molecule has 2 aromatic carbocycles. The van der Waals surface area contributed by atoms with E-state index in [1.54, 1.807) is 32.0 Å². The number of carbonyl (C=O) groups is 3. The van der Waals surface area contributed by atoms with Gasteiger partial charge in [0.25, 0.3) is 11.8 Å². The lowest BCUT2D eigenvalue weighted by Gasteiger charge is -2.17. The standard InChI is InChI=1S/C20H20BrN3O3/c1-12(2)24-18(25)15-8-7-14(11-16(15)19(24)26)23-20(27)22-10-9-13-5-3-4-6-17(13)21/h3-8,11-12H,9-10H2,1-2H3,(H2,22,23,27). The molecule has 3 rings (SSSR count). The molecular formula is C20H20BrN3O3. The third-order valence-electron chi connectivity index (χ3n) is 4.33. The fourth-order valence-electron chi connectivity index (χ4n) is 2.99. The van der Waals surface area contributed by atoms with E-state index in [4.69, 9.17) is 0 Å². The molecule has 0 saturated carbocycles. The average Bonchev–Trinajstić information content (AvgIpc) is 2.87. The number of benzene rings is 2. The summed E-state index contributed by atoms with van der Waals surface area (Å²) in [5.41, 5.74) is 2.26. The number of fused-ring (bicyclic) bond motifs is 1. The lowest BCUT2D eigenvalue weighted by Crippen LogP contribution is -2.35. The predicted molar refractivity (Wildman–Crippen MR) is 107 cm³/mol. The van der Waals surface area contributed by atoms with Crippen LogP contribution in [0.2, 0.25) is 0 Å². The summed E-state index contributed by atoms with van der Waals surface area (Å²) >= 11 is 3.48. The smallest absolute Gasteiger partial charge is 0.319 e. The molecule has 0 unspecified atom stereocenters. The van der Waals surface area contributed by atoms with E-state index in [9.17, 15) is 14.4 Å². The van der Waals surface area contributed by atoms with Gasteiger partial charge in [0, 0.05) is 22.7 Å². The number of amides is 4. The van der Waals surface area contributed by atoms with Crippen LogP contribution in [0.1, 0.15) is 40.1 Å². The summed E-state index contributed by atoms with van der Waals surface area (Å²) in [5, 5.41) is 5.50. The Labute approximate surface area is 166 Å². The molecule has 2 N–H and O–H groups in total. The Kier molecular flexibility index (Phi) is 5.60. The summed E-state index contributed by atoms with van der Waals surface area (Å²) in [7, 11) is 0. The van der Waals surface area contributed by atoms with Gasteiger partial charge in [0.2, 0.25) is 0 Å². The van der Waals surface area contributed by atoms with E-state index < -0.39 is 0 Å². The minimum Gasteiger partial charge on any atom is -0.338 e. The molecule has 140 valence electrons. The van der Waals surface area contributed by atoms with E-state index in [1.165, 1.54) is 4.90 Å². The first-order valence-corrected chi connectivity index (χ1v) is 9.48. The monoisotopic (exact) mass is 429 g/mol. The highest BCUT2D eigenvalue weighted by molar-refractivity contribution is 9.10. The van der Waals surface area contributed by atoms with E-state index in [0.717, 1.165) is 10.0 Å². The summed E-state index contributed by atoms with van der Waals surface area (Å²) < 4.78 is 1.00. The number of hydrogen-bond donors (Lipinski definition) is 2. The molecule has 0 radical (unpaired) electrons. The van der Waals surface area contributed by atoms with Crippen LogP contribution in [0.3, 0.4) is 0 Å². The van der Waals surface area contributed by atoms with Crippen molar-refractivity contribution in [3.05, 3.63) is 63.6 Å². The van der Waals surface area contributed by atoms with E-state index in [1.807, 2.05) is 24.3 Å². The number of nitrogens with zero attached hydrogens (tertiary/aromatic N) is 1. The van der Waals surface area contributed by atoms with Crippen molar-refractivity contribution in [1.82, 2.24) is 10.2 Å². The highest BCUT2D eigenvalue weighted by atomic mass is 79.9. The van der Waals surface area contributed by atoms with Gasteiger partial charge in [-0.25, -0.2) is 4.79 Å². The lowest BCUT2D eigenvalue weighted by atomic mass is 10.1. The Bertz CT molecular complexity index is 911. The number of anilines is 1. The van der Waals surface area contributed by atoms with Gasteiger partial charge in [-0.05, 0) is 50.1 Å². The van der Waals surface area contributed by atoms with Crippen molar-refractivity contribution in [3.8, 4) is 0 Å². The van der Waals surface area contributed by atoms with Crippen molar-refractivity contribution in [3.63, 3.8) is 0 Å². The Hall–Kier alpha value is -2.67. The van der Waals surface area contributed by atoms with Gasteiger partial charge in [-0.1, -0.05) is 34.1 Å². The molecule has 0 bridgehead atoms. The number of rotatable bonds is 5. The first-order valence-electron chi connectivity index (χ1n) is 8.68. The van der Waals surface area contributed by atoms with Gasteiger partial charge in [0.1, 0.15) is 0 Å². The summed E-state index contributed by atoms with van der Waals surface area (Å²) in [4.78, 5) is 38.0. The van der Waals surface area contributed by atoms with Crippen LogP contribution in [0.4, 0.5) is 10.5 Å². The second-order valence-corrected chi connectivity index (χ2v) is 7.41. The summed E-state index contributed by atoms with van der Waals surface area (Å²) in [6.07, 6.45) is 0.690. The van der Waals surface area contributed by atoms with Crippen LogP contribution in [-0.4, -0.2) is 35.3 Å². The van der Waals surface area contributed by atoms with Crippen molar-refractivity contribution in [1.29, 1.82) is 0 Å². The molecule has 6 nitrogen and oxygen atoms in total. The minimum atomic E-state index is -0.362. The molecule has 27 heavy (non-hydrogen) atoms. The second-order valence-electron chi connectivity index (χ2n) is 6.56. The van der Waals surface area contributed by atoms with Crippen LogP contribution in [0, 0.1) is 0 Å². The number of hydrogen-bond acceptors (Lipinski definition) is 3. The lowest BCUT2D eigenvalue weighted by molar-refractivity contribution is 0.0609. The van der Waals surface area contributed by atoms with Crippen LogP contribution in [-0.2, 0) is 6.42 Å². The average molecular weight is 430 g/mol. The first-order chi connectivity index (χ1) is 12.9. The zero-order valence-corrected chi connectivity index (χ0v) is 16.7. The third kappa shape index (κ3) is 4.03. The molecule has 2 aromatic rings. The Morgan fingerprint density at radius 2 is 1.78 bits per heavy atom. The Balaban J connectivity index is 1.61. The van der Waals surface area contributed by atoms with Gasteiger partial charge in [0.15, 0.2) is 0 Å². The topological polar surface area (TPSA) is 78.5 Å². The zero-order chi connectivity index (χ0) is 19.6. The number of urea groups is 1. The quantitative estimate of drug-likeness (QED) is 0.708. The molecular weight excluding hydrogens is 410 g/mol. The molecule has 0 aliphatic carbocycles. The molecule has 1 aliphatic rings. The molecule has 1 heterocycles. The van der Waals surface area contributed by atoms with E-state index in [2.05, 4.69) is 26.6 Å². The largest absolute Gasteiger partial charge is 0.338 e. The van der Waals surface area contributed by atoms with E-state index >= 15 is 0 Å². The van der Waals surface area contributed by atoms with Gasteiger partial charge in [-0.15, -0.1) is 0 Å². The van der Waals surface area contributed by atoms with Gasteiger partial charge < -0.3 is 10.6 Å². The number of nitrogens with one attached hydrogen (secondary N) is 2. The maximum Gasteiger partial charge on any atom is 0.319 e. The SMILES string of the molecule is CC(C)N1C(=O)c2ccc(NC(=O)NCCc3ccccc3Br)cc2C1=O. The van der Waals surface area contributed by atoms with Crippen LogP contribution in [0.25, 0.3) is 0 Å². The van der Waals surface area contributed by atoms with E-state index in [0.29, 0.717) is 29.8 Å². The summed E-state index contributed by atoms with van der Waals surface area (Å²) in [6, 6.07) is 12.0. The van der Waals surface area contributed by atoms with Crippen molar-refractivity contribution >= 4 is 39.5 Å². The van der Waals surface area contributed by atoms with Gasteiger partial charge in [0.05, 0.1) is 11.1 Å². The van der Waals surface area contributed by atoms with Crippen LogP contribution in [0.15, 0.2) is 46.9 Å². The maximum absolute atomic E-state index is 12.4. The van der Waals surface area contributed by atoms with Gasteiger partial charge in [-0.2, -0.15) is 0 Å². The van der Waals surface area contributed by atoms with Gasteiger partial charge in [-0.3, -0.25) is 14.5 Å². The van der Waals surface area contributed by atoms with Crippen molar-refractivity contribution in [2.75, 3.05) is 11.9 Å². The molecule has 0 atom stereocenters. The number of carbonyl (C=O) groups excluding carboxylic acids is 3. The molecule has 0 aromatic heterocycles.